The predicted molar refractivity (Wildman–Crippen MR) is 236 cm³/mol. The molecule has 57 heavy (non-hydrogen) atoms. The standard InChI is InChI=1S/C54H42N2O/c1-53(2)44-22-12-11-21-42(44)43-28-26-40(33-47(43)53)55(39-20-13-19-37(31-39)35-15-7-5-8-16-35)41-27-29-45-49(34-41)56-48-30-25-38(36-17-9-6-10-18-36)32-51(48)57-50-24-14-23-46(52(50)56)54(45,3)4/h5-34H,1-4H3. The van der Waals surface area contributed by atoms with Crippen LogP contribution in [0.3, 0.4) is 0 Å². The van der Waals surface area contributed by atoms with E-state index in [4.69, 9.17) is 4.74 Å². The van der Waals surface area contributed by atoms with Gasteiger partial charge in [0.2, 0.25) is 0 Å². The first-order chi connectivity index (χ1) is 27.8. The van der Waals surface area contributed by atoms with Crippen LogP contribution in [0.15, 0.2) is 182 Å². The number of hydrogen-bond acceptors (Lipinski definition) is 3. The molecule has 11 rings (SSSR count). The van der Waals surface area contributed by atoms with Gasteiger partial charge in [-0.2, -0.15) is 0 Å². The molecule has 274 valence electrons. The van der Waals surface area contributed by atoms with Gasteiger partial charge in [-0.25, -0.2) is 0 Å². The summed E-state index contributed by atoms with van der Waals surface area (Å²) in [4.78, 5) is 4.89. The minimum Gasteiger partial charge on any atom is -0.453 e. The molecule has 0 saturated carbocycles. The first-order valence-electron chi connectivity index (χ1n) is 19.9. The Kier molecular flexibility index (Phi) is 7.25. The van der Waals surface area contributed by atoms with E-state index in [0.717, 1.165) is 51.2 Å². The molecule has 3 aliphatic rings. The summed E-state index contributed by atoms with van der Waals surface area (Å²) >= 11 is 0. The normalized spacial score (nSPS) is 14.7. The molecule has 0 saturated heterocycles. The first kappa shape index (κ1) is 33.5. The Labute approximate surface area is 335 Å². The van der Waals surface area contributed by atoms with E-state index in [9.17, 15) is 0 Å². The molecule has 0 N–H and O–H groups in total. The maximum Gasteiger partial charge on any atom is 0.152 e. The van der Waals surface area contributed by atoms with Crippen molar-refractivity contribution in [3.8, 4) is 44.9 Å². The first-order valence-corrected chi connectivity index (χ1v) is 19.9. The summed E-state index contributed by atoms with van der Waals surface area (Å²) < 4.78 is 6.80. The van der Waals surface area contributed by atoms with Gasteiger partial charge in [-0.05, 0) is 110 Å². The second-order valence-electron chi connectivity index (χ2n) is 16.6. The molecule has 0 amide bonds. The molecule has 0 aromatic heterocycles. The van der Waals surface area contributed by atoms with E-state index in [2.05, 4.69) is 219 Å². The van der Waals surface area contributed by atoms with Gasteiger partial charge in [0.15, 0.2) is 11.5 Å². The zero-order valence-corrected chi connectivity index (χ0v) is 32.6. The van der Waals surface area contributed by atoms with Crippen molar-refractivity contribution in [3.05, 3.63) is 204 Å². The average Bonchev–Trinajstić information content (AvgIpc) is 3.48. The van der Waals surface area contributed by atoms with Crippen LogP contribution < -0.4 is 14.5 Å². The summed E-state index contributed by atoms with van der Waals surface area (Å²) in [7, 11) is 0. The summed E-state index contributed by atoms with van der Waals surface area (Å²) in [5.74, 6) is 1.73. The quantitative estimate of drug-likeness (QED) is 0.175. The Balaban J connectivity index is 1.12. The molecule has 8 aromatic carbocycles. The number of benzene rings is 8. The van der Waals surface area contributed by atoms with E-state index >= 15 is 0 Å². The molecule has 3 nitrogen and oxygen atoms in total. The van der Waals surface area contributed by atoms with Crippen LogP contribution >= 0.6 is 0 Å². The molecule has 2 heterocycles. The van der Waals surface area contributed by atoms with Crippen LogP contribution in [0, 0.1) is 0 Å². The van der Waals surface area contributed by atoms with Crippen LogP contribution in [-0.4, -0.2) is 0 Å². The van der Waals surface area contributed by atoms with Gasteiger partial charge in [-0.3, -0.25) is 0 Å². The van der Waals surface area contributed by atoms with Crippen LogP contribution in [0.1, 0.15) is 49.9 Å². The second kappa shape index (κ2) is 12.3. The van der Waals surface area contributed by atoms with Gasteiger partial charge >= 0.3 is 0 Å². The lowest BCUT2D eigenvalue weighted by Gasteiger charge is -2.45. The zero-order chi connectivity index (χ0) is 38.5. The lowest BCUT2D eigenvalue weighted by atomic mass is 9.73. The molecule has 0 bridgehead atoms. The number of anilines is 6. The molecule has 0 atom stereocenters. The Morgan fingerprint density at radius 2 is 0.982 bits per heavy atom. The minimum atomic E-state index is -0.262. The summed E-state index contributed by atoms with van der Waals surface area (Å²) in [5.41, 5.74) is 18.8. The summed E-state index contributed by atoms with van der Waals surface area (Å²) in [6.45, 7) is 9.40. The van der Waals surface area contributed by atoms with Crippen molar-refractivity contribution in [2.75, 3.05) is 9.80 Å². The third kappa shape index (κ3) is 5.05. The molecule has 0 spiro atoms. The van der Waals surface area contributed by atoms with E-state index < -0.39 is 0 Å². The second-order valence-corrected chi connectivity index (χ2v) is 16.6. The Morgan fingerprint density at radius 3 is 1.77 bits per heavy atom. The highest BCUT2D eigenvalue weighted by molar-refractivity contribution is 5.96. The number of rotatable bonds is 5. The van der Waals surface area contributed by atoms with Crippen molar-refractivity contribution in [3.63, 3.8) is 0 Å². The highest BCUT2D eigenvalue weighted by Gasteiger charge is 2.42. The van der Waals surface area contributed by atoms with Crippen molar-refractivity contribution < 1.29 is 4.74 Å². The lowest BCUT2D eigenvalue weighted by Crippen LogP contribution is -2.32. The van der Waals surface area contributed by atoms with Crippen molar-refractivity contribution in [2.24, 2.45) is 0 Å². The number of nitrogens with zero attached hydrogens (tertiary/aromatic N) is 2. The van der Waals surface area contributed by atoms with Crippen molar-refractivity contribution in [2.45, 2.75) is 38.5 Å². The van der Waals surface area contributed by atoms with E-state index in [1.807, 2.05) is 0 Å². The van der Waals surface area contributed by atoms with Gasteiger partial charge in [-0.15, -0.1) is 0 Å². The predicted octanol–water partition coefficient (Wildman–Crippen LogP) is 15.0. The van der Waals surface area contributed by atoms with E-state index in [1.165, 1.54) is 50.1 Å². The highest BCUT2D eigenvalue weighted by Crippen LogP contribution is 2.61. The topological polar surface area (TPSA) is 15.7 Å². The molecule has 1 aliphatic carbocycles. The summed E-state index contributed by atoms with van der Waals surface area (Å²) in [6.07, 6.45) is 0. The van der Waals surface area contributed by atoms with E-state index in [1.54, 1.807) is 0 Å². The fourth-order valence-electron chi connectivity index (χ4n) is 9.67. The Bertz CT molecular complexity index is 2890. The van der Waals surface area contributed by atoms with E-state index in [-0.39, 0.29) is 10.8 Å². The maximum atomic E-state index is 6.80. The SMILES string of the molecule is CC1(C)c2ccccc2-c2ccc(N(c3cccc(-c4ccccc4)c3)c3ccc4c(c3)N3c5ccc(-c6ccccc6)cc5Oc5cccc(c53)C4(C)C)cc21. The van der Waals surface area contributed by atoms with Gasteiger partial charge in [0, 0.05) is 27.9 Å². The minimum absolute atomic E-state index is 0.129. The largest absolute Gasteiger partial charge is 0.453 e. The molecule has 0 unspecified atom stereocenters. The number of hydrogen-bond donors (Lipinski definition) is 0. The molecular formula is C54H42N2O. The third-order valence-corrected chi connectivity index (χ3v) is 12.6. The molecular weight excluding hydrogens is 693 g/mol. The molecule has 3 heteroatoms. The van der Waals surface area contributed by atoms with Crippen LogP contribution in [-0.2, 0) is 10.8 Å². The highest BCUT2D eigenvalue weighted by atomic mass is 16.5. The lowest BCUT2D eigenvalue weighted by molar-refractivity contribution is 0.471. The maximum absolute atomic E-state index is 6.80. The Morgan fingerprint density at radius 1 is 0.386 bits per heavy atom. The average molecular weight is 735 g/mol. The molecule has 8 aromatic rings. The van der Waals surface area contributed by atoms with Crippen molar-refractivity contribution in [1.29, 1.82) is 0 Å². The fraction of sp³-hybridized carbons (Fsp3) is 0.111. The molecule has 0 radical (unpaired) electrons. The molecule has 0 fully saturated rings. The van der Waals surface area contributed by atoms with Gasteiger partial charge in [0.05, 0.1) is 17.1 Å². The van der Waals surface area contributed by atoms with Crippen LogP contribution in [0.2, 0.25) is 0 Å². The van der Waals surface area contributed by atoms with Crippen molar-refractivity contribution in [1.82, 2.24) is 0 Å². The van der Waals surface area contributed by atoms with Crippen LogP contribution in [0.5, 0.6) is 11.5 Å². The summed E-state index contributed by atoms with van der Waals surface area (Å²) in [6, 6.07) is 66.4. The third-order valence-electron chi connectivity index (χ3n) is 12.6. The van der Waals surface area contributed by atoms with Gasteiger partial charge < -0.3 is 14.5 Å². The number of para-hydroxylation sites is 1. The van der Waals surface area contributed by atoms with E-state index in [0.29, 0.717) is 0 Å². The van der Waals surface area contributed by atoms with Gasteiger partial charge in [-0.1, -0.05) is 155 Å². The van der Waals surface area contributed by atoms with Gasteiger partial charge in [0.1, 0.15) is 0 Å². The number of fused-ring (bicyclic) bond motifs is 7. The number of ether oxygens (including phenoxy) is 1. The zero-order valence-electron chi connectivity index (χ0n) is 32.6. The van der Waals surface area contributed by atoms with Crippen LogP contribution in [0.25, 0.3) is 33.4 Å². The Hall–Kier alpha value is -6.84. The van der Waals surface area contributed by atoms with Crippen molar-refractivity contribution >= 4 is 34.1 Å². The molecule has 2 aliphatic heterocycles. The fourth-order valence-corrected chi connectivity index (χ4v) is 9.67. The monoisotopic (exact) mass is 734 g/mol. The smallest absolute Gasteiger partial charge is 0.152 e. The van der Waals surface area contributed by atoms with Crippen LogP contribution in [0.4, 0.5) is 34.1 Å². The summed E-state index contributed by atoms with van der Waals surface area (Å²) in [5, 5.41) is 0. The van der Waals surface area contributed by atoms with Gasteiger partial charge in [0.25, 0.3) is 0 Å².